The largest absolute Gasteiger partial charge is 0.496 e. The van der Waals surface area contributed by atoms with Crippen molar-refractivity contribution >= 4 is 17.7 Å². The van der Waals surface area contributed by atoms with Crippen LogP contribution < -0.4 is 10.1 Å². The van der Waals surface area contributed by atoms with Crippen molar-refractivity contribution < 1.29 is 14.6 Å². The number of benzene rings is 1. The second-order valence-corrected chi connectivity index (χ2v) is 5.65. The molecule has 0 aromatic heterocycles. The fourth-order valence-electron chi connectivity index (χ4n) is 1.58. The fourth-order valence-corrected chi connectivity index (χ4v) is 2.39. The lowest BCUT2D eigenvalue weighted by molar-refractivity contribution is -0.118. The first kappa shape index (κ1) is 15.9. The molecule has 0 heterocycles. The number of rotatable bonds is 8. The number of amides is 1. The Hall–Kier alpha value is -1.20. The monoisotopic (exact) mass is 283 g/mol. The van der Waals surface area contributed by atoms with Gasteiger partial charge < -0.3 is 15.2 Å². The van der Waals surface area contributed by atoms with Crippen LogP contribution in [0, 0.1) is 0 Å². The van der Waals surface area contributed by atoms with Gasteiger partial charge in [0.1, 0.15) is 5.75 Å². The van der Waals surface area contributed by atoms with Crippen molar-refractivity contribution in [1.82, 2.24) is 5.32 Å². The summed E-state index contributed by atoms with van der Waals surface area (Å²) in [7, 11) is 1.62. The van der Waals surface area contributed by atoms with Crippen molar-refractivity contribution in [3.63, 3.8) is 0 Å². The van der Waals surface area contributed by atoms with Crippen LogP contribution in [0.4, 0.5) is 0 Å². The number of aliphatic hydroxyl groups is 1. The number of hydrogen-bond donors (Lipinski definition) is 2. The van der Waals surface area contributed by atoms with Gasteiger partial charge in [-0.15, -0.1) is 11.8 Å². The fraction of sp³-hybridized carbons (Fsp3) is 0.500. The number of methoxy groups -OCH3 is 1. The van der Waals surface area contributed by atoms with Crippen molar-refractivity contribution in [2.75, 3.05) is 19.5 Å². The van der Waals surface area contributed by atoms with Gasteiger partial charge in [0.2, 0.25) is 5.91 Å². The standard InChI is InChI=1S/C14H21NO3S/c1-11(7-8-16)19-10-14(17)15-9-12-5-3-4-6-13(12)18-2/h3-6,11,16H,7-10H2,1-2H3,(H,15,17). The lowest BCUT2D eigenvalue weighted by atomic mass is 10.2. The number of thioether (sulfide) groups is 1. The number of hydrogen-bond acceptors (Lipinski definition) is 4. The maximum atomic E-state index is 11.7. The Bertz CT molecular complexity index is 398. The summed E-state index contributed by atoms with van der Waals surface area (Å²) in [6.45, 7) is 2.64. The molecular weight excluding hydrogens is 262 g/mol. The van der Waals surface area contributed by atoms with Crippen LogP contribution >= 0.6 is 11.8 Å². The van der Waals surface area contributed by atoms with Crippen LogP contribution in [-0.4, -0.2) is 35.7 Å². The Morgan fingerprint density at radius 2 is 2.21 bits per heavy atom. The van der Waals surface area contributed by atoms with Gasteiger partial charge in [-0.3, -0.25) is 4.79 Å². The van der Waals surface area contributed by atoms with Crippen molar-refractivity contribution in [2.24, 2.45) is 0 Å². The first-order valence-corrected chi connectivity index (χ1v) is 7.33. The Kier molecular flexibility index (Phi) is 7.36. The van der Waals surface area contributed by atoms with E-state index in [1.54, 1.807) is 18.9 Å². The van der Waals surface area contributed by atoms with Crippen molar-refractivity contribution in [1.29, 1.82) is 0 Å². The van der Waals surface area contributed by atoms with Crippen LogP contribution in [0.3, 0.4) is 0 Å². The maximum absolute atomic E-state index is 11.7. The maximum Gasteiger partial charge on any atom is 0.230 e. The summed E-state index contributed by atoms with van der Waals surface area (Å²) >= 11 is 1.55. The van der Waals surface area contributed by atoms with E-state index in [1.807, 2.05) is 31.2 Å². The van der Waals surface area contributed by atoms with E-state index in [0.717, 1.165) is 11.3 Å². The first-order chi connectivity index (χ1) is 9.17. The zero-order chi connectivity index (χ0) is 14.1. The first-order valence-electron chi connectivity index (χ1n) is 6.28. The van der Waals surface area contributed by atoms with Crippen LogP contribution in [0.2, 0.25) is 0 Å². The third-order valence-electron chi connectivity index (χ3n) is 2.70. The molecule has 2 N–H and O–H groups in total. The molecule has 1 aromatic carbocycles. The Morgan fingerprint density at radius 3 is 2.89 bits per heavy atom. The smallest absolute Gasteiger partial charge is 0.230 e. The lowest BCUT2D eigenvalue weighted by Gasteiger charge is -2.11. The number of para-hydroxylation sites is 1. The van der Waals surface area contributed by atoms with E-state index in [1.165, 1.54) is 0 Å². The Labute approximate surface area is 118 Å². The molecule has 0 aliphatic heterocycles. The molecule has 1 amide bonds. The lowest BCUT2D eigenvalue weighted by Crippen LogP contribution is -2.25. The number of ether oxygens (including phenoxy) is 1. The average molecular weight is 283 g/mol. The molecule has 0 fully saturated rings. The minimum Gasteiger partial charge on any atom is -0.496 e. The number of carbonyl (C=O) groups is 1. The predicted molar refractivity (Wildman–Crippen MR) is 78.5 cm³/mol. The molecule has 106 valence electrons. The van der Waals surface area contributed by atoms with Crippen LogP contribution in [-0.2, 0) is 11.3 Å². The van der Waals surface area contributed by atoms with E-state index in [9.17, 15) is 4.79 Å². The molecule has 0 aliphatic rings. The highest BCUT2D eigenvalue weighted by Gasteiger charge is 2.08. The van der Waals surface area contributed by atoms with Gasteiger partial charge in [-0.1, -0.05) is 25.1 Å². The summed E-state index contributed by atoms with van der Waals surface area (Å²) in [4.78, 5) is 11.7. The summed E-state index contributed by atoms with van der Waals surface area (Å²) < 4.78 is 5.22. The molecule has 0 spiro atoms. The van der Waals surface area contributed by atoms with Gasteiger partial charge in [0.15, 0.2) is 0 Å². The highest BCUT2D eigenvalue weighted by Crippen LogP contribution is 2.17. The number of nitrogens with one attached hydrogen (secondary N) is 1. The van der Waals surface area contributed by atoms with Crippen LogP contribution in [0.1, 0.15) is 18.9 Å². The Balaban J connectivity index is 2.33. The summed E-state index contributed by atoms with van der Waals surface area (Å²) in [5.41, 5.74) is 0.965. The molecule has 4 nitrogen and oxygen atoms in total. The number of carbonyl (C=O) groups excluding carboxylic acids is 1. The van der Waals surface area contributed by atoms with E-state index in [0.29, 0.717) is 24.0 Å². The normalized spacial score (nSPS) is 11.9. The van der Waals surface area contributed by atoms with Crippen LogP contribution in [0.15, 0.2) is 24.3 Å². The minimum atomic E-state index is 0.000644. The van der Waals surface area contributed by atoms with Crippen molar-refractivity contribution in [2.45, 2.75) is 25.1 Å². The second-order valence-electron chi connectivity index (χ2n) is 4.22. The Morgan fingerprint density at radius 1 is 1.47 bits per heavy atom. The third-order valence-corrected chi connectivity index (χ3v) is 3.94. The van der Waals surface area contributed by atoms with Gasteiger partial charge >= 0.3 is 0 Å². The number of aliphatic hydroxyl groups excluding tert-OH is 1. The predicted octanol–water partition coefficient (Wildman–Crippen LogP) is 1.82. The van der Waals surface area contributed by atoms with Gasteiger partial charge in [-0.25, -0.2) is 0 Å². The molecule has 0 radical (unpaired) electrons. The molecule has 19 heavy (non-hydrogen) atoms. The van der Waals surface area contributed by atoms with Crippen molar-refractivity contribution in [3.05, 3.63) is 29.8 Å². The second kappa shape index (κ2) is 8.82. The average Bonchev–Trinajstić information content (AvgIpc) is 2.43. The molecule has 5 heteroatoms. The molecule has 0 saturated carbocycles. The van der Waals surface area contributed by atoms with E-state index >= 15 is 0 Å². The molecule has 1 unspecified atom stereocenters. The van der Waals surface area contributed by atoms with Gasteiger partial charge in [0.05, 0.1) is 12.9 Å². The van der Waals surface area contributed by atoms with Crippen molar-refractivity contribution in [3.8, 4) is 5.75 Å². The molecule has 1 aromatic rings. The van der Waals surface area contributed by atoms with E-state index in [2.05, 4.69) is 5.32 Å². The topological polar surface area (TPSA) is 58.6 Å². The molecule has 0 saturated heterocycles. The summed E-state index contributed by atoms with van der Waals surface area (Å²) in [6, 6.07) is 7.62. The van der Waals surface area contributed by atoms with Crippen LogP contribution in [0.25, 0.3) is 0 Å². The summed E-state index contributed by atoms with van der Waals surface area (Å²) in [6.07, 6.45) is 0.713. The molecule has 0 aliphatic carbocycles. The van der Waals surface area contributed by atoms with Gasteiger partial charge in [-0.2, -0.15) is 0 Å². The zero-order valence-corrected chi connectivity index (χ0v) is 12.2. The van der Waals surface area contributed by atoms with Crippen LogP contribution in [0.5, 0.6) is 5.75 Å². The molecule has 1 rings (SSSR count). The van der Waals surface area contributed by atoms with Gasteiger partial charge in [-0.05, 0) is 12.5 Å². The van der Waals surface area contributed by atoms with E-state index < -0.39 is 0 Å². The quantitative estimate of drug-likeness (QED) is 0.764. The summed E-state index contributed by atoms with van der Waals surface area (Å²) in [5, 5.41) is 11.9. The molecule has 0 bridgehead atoms. The third kappa shape index (κ3) is 5.98. The van der Waals surface area contributed by atoms with E-state index in [-0.39, 0.29) is 12.5 Å². The molecule has 1 atom stereocenters. The van der Waals surface area contributed by atoms with Gasteiger partial charge in [0, 0.05) is 24.0 Å². The van der Waals surface area contributed by atoms with Gasteiger partial charge in [0.25, 0.3) is 0 Å². The van der Waals surface area contributed by atoms with E-state index in [4.69, 9.17) is 9.84 Å². The summed E-state index contributed by atoms with van der Waals surface area (Å²) in [5.74, 6) is 1.20. The zero-order valence-electron chi connectivity index (χ0n) is 11.4. The minimum absolute atomic E-state index is 0.000644. The SMILES string of the molecule is COc1ccccc1CNC(=O)CSC(C)CCO. The highest BCUT2D eigenvalue weighted by atomic mass is 32.2. The highest BCUT2D eigenvalue weighted by molar-refractivity contribution is 8.00. The molecular formula is C14H21NO3S.